The van der Waals surface area contributed by atoms with Gasteiger partial charge in [-0.3, -0.25) is 9.59 Å². The van der Waals surface area contributed by atoms with Gasteiger partial charge in [0.2, 0.25) is 0 Å². The van der Waals surface area contributed by atoms with E-state index < -0.39 is 17.6 Å². The second-order valence-electron chi connectivity index (χ2n) is 6.28. The quantitative estimate of drug-likeness (QED) is 0.643. The zero-order chi connectivity index (χ0) is 20.9. The van der Waals surface area contributed by atoms with Crippen LogP contribution in [0.3, 0.4) is 0 Å². The molecule has 7 heteroatoms. The molecule has 29 heavy (non-hydrogen) atoms. The standard InChI is InChI=1S/C22H17F3N2O2/c23-22(24,25)18-9-5-8-17(13-18)20(28)26-14-15-6-4-7-16(12-15)21(29)27-19-10-2-1-3-11-19/h1-13H,14H2,(H,26,28)(H,27,29). The molecule has 0 bridgehead atoms. The van der Waals surface area contributed by atoms with Gasteiger partial charge in [0.05, 0.1) is 5.56 Å². The molecular formula is C22H17F3N2O2. The Kier molecular flexibility index (Phi) is 5.97. The lowest BCUT2D eigenvalue weighted by Gasteiger charge is -2.10. The van der Waals surface area contributed by atoms with Gasteiger partial charge in [0.1, 0.15) is 0 Å². The van der Waals surface area contributed by atoms with Crippen molar-refractivity contribution in [2.24, 2.45) is 0 Å². The molecule has 4 nitrogen and oxygen atoms in total. The van der Waals surface area contributed by atoms with Gasteiger partial charge >= 0.3 is 6.18 Å². The number of benzene rings is 3. The van der Waals surface area contributed by atoms with Crippen LogP contribution in [0, 0.1) is 0 Å². The van der Waals surface area contributed by atoms with E-state index in [1.165, 1.54) is 12.1 Å². The molecule has 0 aliphatic carbocycles. The first kappa shape index (κ1) is 20.1. The molecule has 0 unspecified atom stereocenters. The minimum absolute atomic E-state index is 0.0710. The summed E-state index contributed by atoms with van der Waals surface area (Å²) < 4.78 is 38.4. The van der Waals surface area contributed by atoms with Crippen LogP contribution in [0.25, 0.3) is 0 Å². The van der Waals surface area contributed by atoms with Crippen LogP contribution >= 0.6 is 0 Å². The smallest absolute Gasteiger partial charge is 0.348 e. The van der Waals surface area contributed by atoms with E-state index in [4.69, 9.17) is 0 Å². The number of hydrogen-bond acceptors (Lipinski definition) is 2. The molecule has 0 spiro atoms. The van der Waals surface area contributed by atoms with Crippen LogP contribution in [0.1, 0.15) is 31.8 Å². The maximum atomic E-state index is 12.8. The normalized spacial score (nSPS) is 11.0. The number of alkyl halides is 3. The molecule has 0 radical (unpaired) electrons. The molecule has 0 saturated carbocycles. The van der Waals surface area contributed by atoms with Gasteiger partial charge in [-0.15, -0.1) is 0 Å². The van der Waals surface area contributed by atoms with Crippen molar-refractivity contribution < 1.29 is 22.8 Å². The third-order valence-electron chi connectivity index (χ3n) is 4.13. The summed E-state index contributed by atoms with van der Waals surface area (Å²) in [6, 6.07) is 19.8. The predicted octanol–water partition coefficient (Wildman–Crippen LogP) is 4.89. The van der Waals surface area contributed by atoms with Gasteiger partial charge in [0.25, 0.3) is 11.8 Å². The van der Waals surface area contributed by atoms with Gasteiger partial charge in [-0.1, -0.05) is 36.4 Å². The lowest BCUT2D eigenvalue weighted by Crippen LogP contribution is -2.23. The van der Waals surface area contributed by atoms with Gasteiger partial charge < -0.3 is 10.6 Å². The maximum Gasteiger partial charge on any atom is 0.416 e. The number of carbonyl (C=O) groups is 2. The van der Waals surface area contributed by atoms with Crippen molar-refractivity contribution in [1.82, 2.24) is 5.32 Å². The molecule has 3 rings (SSSR count). The monoisotopic (exact) mass is 398 g/mol. The topological polar surface area (TPSA) is 58.2 Å². The van der Waals surface area contributed by atoms with Gasteiger partial charge in [-0.25, -0.2) is 0 Å². The largest absolute Gasteiger partial charge is 0.416 e. The average Bonchev–Trinajstić information content (AvgIpc) is 2.72. The summed E-state index contributed by atoms with van der Waals surface area (Å²) in [5, 5.41) is 5.34. The van der Waals surface area contributed by atoms with Gasteiger partial charge in [-0.2, -0.15) is 13.2 Å². The molecule has 3 aromatic carbocycles. The van der Waals surface area contributed by atoms with Crippen LogP contribution in [-0.4, -0.2) is 11.8 Å². The number of halogens is 3. The molecular weight excluding hydrogens is 381 g/mol. The maximum absolute atomic E-state index is 12.8. The van der Waals surface area contributed by atoms with Crippen LogP contribution in [0.5, 0.6) is 0 Å². The highest BCUT2D eigenvalue weighted by atomic mass is 19.4. The highest BCUT2D eigenvalue weighted by Crippen LogP contribution is 2.29. The van der Waals surface area contributed by atoms with Gasteiger partial charge in [-0.05, 0) is 48.0 Å². The van der Waals surface area contributed by atoms with E-state index in [1.807, 2.05) is 6.07 Å². The summed E-state index contributed by atoms with van der Waals surface area (Å²) in [6.45, 7) is 0.0710. The minimum Gasteiger partial charge on any atom is -0.348 e. The zero-order valence-electron chi connectivity index (χ0n) is 15.2. The minimum atomic E-state index is -4.52. The molecule has 2 amide bonds. The van der Waals surface area contributed by atoms with Crippen LogP contribution in [0.15, 0.2) is 78.9 Å². The molecule has 3 aromatic rings. The number of nitrogens with one attached hydrogen (secondary N) is 2. The summed E-state index contributed by atoms with van der Waals surface area (Å²) in [5.41, 5.74) is 0.731. The first-order chi connectivity index (χ1) is 13.8. The van der Waals surface area contributed by atoms with Gasteiger partial charge in [0.15, 0.2) is 0 Å². The summed E-state index contributed by atoms with van der Waals surface area (Å²) in [5.74, 6) is -0.933. The third-order valence-corrected chi connectivity index (χ3v) is 4.13. The second-order valence-corrected chi connectivity index (χ2v) is 6.28. The van der Waals surface area contributed by atoms with E-state index in [-0.39, 0.29) is 18.0 Å². The molecule has 0 saturated heterocycles. The fourth-order valence-electron chi connectivity index (χ4n) is 2.67. The highest BCUT2D eigenvalue weighted by Gasteiger charge is 2.30. The van der Waals surface area contributed by atoms with E-state index in [2.05, 4.69) is 10.6 Å². The number of hydrogen-bond donors (Lipinski definition) is 2. The third kappa shape index (κ3) is 5.44. The number of carbonyl (C=O) groups excluding carboxylic acids is 2. The molecule has 0 fully saturated rings. The van der Waals surface area contributed by atoms with E-state index in [1.54, 1.807) is 48.5 Å². The van der Waals surface area contributed by atoms with E-state index >= 15 is 0 Å². The summed E-state index contributed by atoms with van der Waals surface area (Å²) in [7, 11) is 0. The lowest BCUT2D eigenvalue weighted by molar-refractivity contribution is -0.137. The first-order valence-corrected chi connectivity index (χ1v) is 8.74. The molecule has 0 heterocycles. The van der Waals surface area contributed by atoms with Crippen molar-refractivity contribution in [3.05, 3.63) is 101 Å². The van der Waals surface area contributed by atoms with Crippen LogP contribution in [0.2, 0.25) is 0 Å². The van der Waals surface area contributed by atoms with Crippen LogP contribution in [0.4, 0.5) is 18.9 Å². The van der Waals surface area contributed by atoms with Crippen molar-refractivity contribution in [1.29, 1.82) is 0 Å². The molecule has 0 aromatic heterocycles. The van der Waals surface area contributed by atoms with Crippen molar-refractivity contribution in [2.45, 2.75) is 12.7 Å². The molecule has 0 atom stereocenters. The van der Waals surface area contributed by atoms with Crippen molar-refractivity contribution in [3.8, 4) is 0 Å². The van der Waals surface area contributed by atoms with Crippen molar-refractivity contribution >= 4 is 17.5 Å². The number of anilines is 1. The molecule has 2 N–H and O–H groups in total. The van der Waals surface area contributed by atoms with Crippen LogP contribution in [-0.2, 0) is 12.7 Å². The lowest BCUT2D eigenvalue weighted by atomic mass is 10.1. The Balaban J connectivity index is 1.65. The fourth-order valence-corrected chi connectivity index (χ4v) is 2.67. The van der Waals surface area contributed by atoms with Crippen molar-refractivity contribution in [2.75, 3.05) is 5.32 Å². The Labute approximate surface area is 165 Å². The summed E-state index contributed by atoms with van der Waals surface area (Å²) in [6.07, 6.45) is -4.52. The second kappa shape index (κ2) is 8.60. The van der Waals surface area contributed by atoms with Crippen LogP contribution < -0.4 is 10.6 Å². The molecule has 0 aliphatic heterocycles. The van der Waals surface area contributed by atoms with E-state index in [0.717, 1.165) is 12.1 Å². The predicted molar refractivity (Wildman–Crippen MR) is 103 cm³/mol. The number of para-hydroxylation sites is 1. The Hall–Kier alpha value is -3.61. The summed E-state index contributed by atoms with van der Waals surface area (Å²) >= 11 is 0. The Morgan fingerprint density at radius 2 is 1.41 bits per heavy atom. The van der Waals surface area contributed by atoms with E-state index in [9.17, 15) is 22.8 Å². The average molecular weight is 398 g/mol. The summed E-state index contributed by atoms with van der Waals surface area (Å²) in [4.78, 5) is 24.6. The molecule has 148 valence electrons. The number of amides is 2. The highest BCUT2D eigenvalue weighted by molar-refractivity contribution is 6.04. The SMILES string of the molecule is O=C(NCc1cccc(C(=O)Nc2ccccc2)c1)c1cccc(C(F)(F)F)c1. The Morgan fingerprint density at radius 1 is 0.759 bits per heavy atom. The van der Waals surface area contributed by atoms with Crippen molar-refractivity contribution in [3.63, 3.8) is 0 Å². The molecule has 0 aliphatic rings. The number of rotatable bonds is 5. The zero-order valence-corrected chi connectivity index (χ0v) is 15.2. The fraction of sp³-hybridized carbons (Fsp3) is 0.0909. The van der Waals surface area contributed by atoms with Gasteiger partial charge in [0, 0.05) is 23.4 Å². The Morgan fingerprint density at radius 3 is 2.10 bits per heavy atom. The Bertz CT molecular complexity index is 1020. The van der Waals surface area contributed by atoms with E-state index in [0.29, 0.717) is 16.8 Å². The first-order valence-electron chi connectivity index (χ1n) is 8.74.